The van der Waals surface area contributed by atoms with E-state index in [4.69, 9.17) is 23.7 Å². The quantitative estimate of drug-likeness (QED) is 0.0764. The van der Waals surface area contributed by atoms with Crippen LogP contribution in [-0.2, 0) is 43.5 Å². The molecule has 0 spiro atoms. The number of benzene rings is 6. The van der Waals surface area contributed by atoms with Crippen molar-refractivity contribution in [2.24, 2.45) is 0 Å². The van der Waals surface area contributed by atoms with E-state index in [1.54, 1.807) is 7.11 Å². The summed E-state index contributed by atoms with van der Waals surface area (Å²) in [6.07, 6.45) is -2.14. The van der Waals surface area contributed by atoms with Crippen LogP contribution in [0, 0.1) is 0 Å². The van der Waals surface area contributed by atoms with Gasteiger partial charge in [-0.1, -0.05) is 0 Å². The Morgan fingerprint density at radius 2 is 0.774 bits per heavy atom. The van der Waals surface area contributed by atoms with Gasteiger partial charge in [-0.3, -0.25) is 0 Å². The third-order valence-corrected chi connectivity index (χ3v) is 21.5. The van der Waals surface area contributed by atoms with Crippen molar-refractivity contribution in [2.75, 3.05) is 13.3 Å². The van der Waals surface area contributed by atoms with Gasteiger partial charge in [0.15, 0.2) is 0 Å². The molecule has 0 saturated carbocycles. The van der Waals surface area contributed by atoms with Crippen molar-refractivity contribution in [1.29, 1.82) is 0 Å². The second kappa shape index (κ2) is 17.6. The van der Waals surface area contributed by atoms with Crippen molar-refractivity contribution < 1.29 is 23.7 Å². The van der Waals surface area contributed by atoms with Crippen LogP contribution in [0.15, 0.2) is 182 Å². The standard InChI is InChI=1S/C46H46IO5P/c1-48-46-45(51-34-38-24-12-4-13-25-38)44(50-33-37-22-10-3-11-23-37)43(49-32-36-20-8-2-9-21-36)42(52-46)35-53(47,39-26-14-5-15-27-39,40-28-16-6-17-29-40)41-30-18-7-19-31-41/h2-31,42-46H,32-35H2,1H3/t42-,43+,44+,45-,46+/m1/s1. The Kier molecular flexibility index (Phi) is 12.5. The van der Waals surface area contributed by atoms with Gasteiger partial charge < -0.3 is 0 Å². The number of hydrogen-bond acceptors (Lipinski definition) is 5. The summed E-state index contributed by atoms with van der Waals surface area (Å²) >= 11 is 2.83. The van der Waals surface area contributed by atoms with E-state index in [1.807, 2.05) is 54.6 Å². The first-order chi connectivity index (χ1) is 26.1. The second-order valence-corrected chi connectivity index (χ2v) is 24.1. The Morgan fingerprint density at radius 3 is 1.13 bits per heavy atom. The van der Waals surface area contributed by atoms with E-state index in [2.05, 4.69) is 149 Å². The molecule has 5 atom stereocenters. The normalized spacial score (nSPS) is 21.0. The van der Waals surface area contributed by atoms with Crippen LogP contribution >= 0.6 is 26.3 Å². The van der Waals surface area contributed by atoms with Gasteiger partial charge in [0.05, 0.1) is 0 Å². The molecule has 0 bridgehead atoms. The Bertz CT molecular complexity index is 1870. The molecule has 5 nitrogen and oxygen atoms in total. The summed E-state index contributed by atoms with van der Waals surface area (Å²) in [4.78, 5) is 0. The summed E-state index contributed by atoms with van der Waals surface area (Å²) in [5.41, 5.74) is 3.20. The van der Waals surface area contributed by atoms with Crippen LogP contribution in [-0.4, -0.2) is 44.0 Å². The van der Waals surface area contributed by atoms with Gasteiger partial charge >= 0.3 is 328 Å². The summed E-state index contributed by atoms with van der Waals surface area (Å²) in [5.74, 6) is 0. The predicted molar refractivity (Wildman–Crippen MR) is 225 cm³/mol. The molecular formula is C46H46IO5P. The summed E-state index contributed by atoms with van der Waals surface area (Å²) in [5, 5.41) is 3.79. The van der Waals surface area contributed by atoms with E-state index in [-0.39, 0.29) is 0 Å². The number of ether oxygens (including phenoxy) is 5. The number of methoxy groups -OCH3 is 1. The third-order valence-electron chi connectivity index (χ3n) is 10.1. The van der Waals surface area contributed by atoms with Gasteiger partial charge in [0.1, 0.15) is 0 Å². The molecule has 0 N–H and O–H groups in total. The van der Waals surface area contributed by atoms with Crippen LogP contribution < -0.4 is 15.9 Å². The van der Waals surface area contributed by atoms with Crippen molar-refractivity contribution in [2.45, 2.75) is 50.5 Å². The molecule has 1 fully saturated rings. The number of halogens is 1. The number of rotatable bonds is 15. The molecule has 1 aliphatic heterocycles. The van der Waals surface area contributed by atoms with Crippen LogP contribution in [0.4, 0.5) is 0 Å². The topological polar surface area (TPSA) is 46.2 Å². The molecule has 0 aromatic heterocycles. The molecule has 7 rings (SSSR count). The molecule has 0 aliphatic carbocycles. The SMILES string of the molecule is CO[C@H]1O[C@H](CP(I)(c2ccccc2)(c2ccccc2)c2ccccc2)[C@H](OCc2ccccc2)[C@H](OCc2ccccc2)[C@H]1OCc1ccccc1. The molecule has 7 heteroatoms. The van der Waals surface area contributed by atoms with E-state index in [0.29, 0.717) is 26.0 Å². The Labute approximate surface area is 326 Å². The van der Waals surface area contributed by atoms with Crippen LogP contribution in [0.1, 0.15) is 16.7 Å². The molecule has 0 radical (unpaired) electrons. The van der Waals surface area contributed by atoms with Crippen molar-refractivity contribution in [3.05, 3.63) is 199 Å². The molecule has 6 aromatic rings. The van der Waals surface area contributed by atoms with Gasteiger partial charge in [-0.05, 0) is 0 Å². The second-order valence-electron chi connectivity index (χ2n) is 13.4. The van der Waals surface area contributed by atoms with Crippen molar-refractivity contribution in [3.63, 3.8) is 0 Å². The maximum absolute atomic E-state index is 7.18. The van der Waals surface area contributed by atoms with Crippen LogP contribution in [0.3, 0.4) is 0 Å². The zero-order chi connectivity index (χ0) is 36.4. The Hall–Kier alpha value is -3.72. The summed E-state index contributed by atoms with van der Waals surface area (Å²) in [6, 6.07) is 63.5. The molecule has 1 heterocycles. The van der Waals surface area contributed by atoms with Gasteiger partial charge in [-0.2, -0.15) is 0 Å². The minimum atomic E-state index is -3.33. The summed E-state index contributed by atoms with van der Waals surface area (Å²) in [6.45, 7) is 1.15. The van der Waals surface area contributed by atoms with Crippen molar-refractivity contribution in [3.8, 4) is 0 Å². The zero-order valence-electron chi connectivity index (χ0n) is 29.9. The van der Waals surface area contributed by atoms with Crippen molar-refractivity contribution >= 4 is 42.2 Å². The first kappa shape index (κ1) is 37.6. The fourth-order valence-electron chi connectivity index (χ4n) is 7.40. The van der Waals surface area contributed by atoms with E-state index in [1.165, 1.54) is 15.9 Å². The molecule has 6 aromatic carbocycles. The average Bonchev–Trinajstić information content (AvgIpc) is 3.24. The van der Waals surface area contributed by atoms with Gasteiger partial charge in [-0.25, -0.2) is 0 Å². The summed E-state index contributed by atoms with van der Waals surface area (Å²) < 4.78 is 30.9. The Balaban J connectivity index is 1.36. The predicted octanol–water partition coefficient (Wildman–Crippen LogP) is 8.99. The van der Waals surface area contributed by atoms with Crippen LogP contribution in [0.5, 0.6) is 0 Å². The monoisotopic (exact) mass is 836 g/mol. The van der Waals surface area contributed by atoms with E-state index in [0.717, 1.165) is 16.7 Å². The van der Waals surface area contributed by atoms with E-state index in [9.17, 15) is 0 Å². The average molecular weight is 837 g/mol. The van der Waals surface area contributed by atoms with Gasteiger partial charge in [-0.15, -0.1) is 0 Å². The molecule has 1 saturated heterocycles. The zero-order valence-corrected chi connectivity index (χ0v) is 33.0. The van der Waals surface area contributed by atoms with E-state index >= 15 is 0 Å². The van der Waals surface area contributed by atoms with Gasteiger partial charge in [0, 0.05) is 0 Å². The first-order valence-corrected chi connectivity index (χ1v) is 23.3. The van der Waals surface area contributed by atoms with Gasteiger partial charge in [0.2, 0.25) is 0 Å². The third kappa shape index (κ3) is 8.35. The molecule has 1 aliphatic rings. The fraction of sp³-hybridized carbons (Fsp3) is 0.217. The Morgan fingerprint density at radius 1 is 0.453 bits per heavy atom. The number of hydrogen-bond donors (Lipinski definition) is 0. The molecule has 272 valence electrons. The van der Waals surface area contributed by atoms with Crippen LogP contribution in [0.2, 0.25) is 0 Å². The van der Waals surface area contributed by atoms with Gasteiger partial charge in [0.25, 0.3) is 0 Å². The maximum atomic E-state index is 7.18. The fourth-order valence-corrected chi connectivity index (χ4v) is 16.3. The molecule has 0 unspecified atom stereocenters. The molecule has 53 heavy (non-hydrogen) atoms. The van der Waals surface area contributed by atoms with E-state index < -0.39 is 35.0 Å². The van der Waals surface area contributed by atoms with Crippen molar-refractivity contribution in [1.82, 2.24) is 0 Å². The molecular weight excluding hydrogens is 790 g/mol. The minimum absolute atomic E-state index is 0.375. The van der Waals surface area contributed by atoms with Crippen LogP contribution in [0.25, 0.3) is 0 Å². The summed E-state index contributed by atoms with van der Waals surface area (Å²) in [7, 11) is 1.69. The molecule has 0 amide bonds. The first-order valence-electron chi connectivity index (χ1n) is 18.1.